The van der Waals surface area contributed by atoms with E-state index in [1.807, 2.05) is 6.07 Å². The van der Waals surface area contributed by atoms with Crippen LogP contribution in [0.15, 0.2) is 54.6 Å². The van der Waals surface area contributed by atoms with Crippen molar-refractivity contribution < 1.29 is 4.74 Å². The fraction of sp³-hybridized carbons (Fsp3) is 0.452. The molecule has 0 radical (unpaired) electrons. The van der Waals surface area contributed by atoms with E-state index < -0.39 is 0 Å². The normalized spacial score (nSPS) is 18.6. The van der Waals surface area contributed by atoms with E-state index in [1.165, 1.54) is 36.0 Å². The fourth-order valence-corrected chi connectivity index (χ4v) is 6.65. The molecule has 3 heterocycles. The first-order valence-electron chi connectivity index (χ1n) is 14.4. The molecule has 0 unspecified atom stereocenters. The minimum Gasteiger partial charge on any atom is -0.378 e. The topological polar surface area (TPSA) is 65.6 Å². The monoisotopic (exact) mass is 576 g/mol. The lowest BCUT2D eigenvalue weighted by Gasteiger charge is -2.38. The van der Waals surface area contributed by atoms with E-state index >= 15 is 0 Å². The lowest BCUT2D eigenvalue weighted by atomic mass is 9.69. The average Bonchev–Trinajstić information content (AvgIpc) is 3.00. The first kappa shape index (κ1) is 27.2. The largest absolute Gasteiger partial charge is 0.378 e. The van der Waals surface area contributed by atoms with Crippen LogP contribution in [0.4, 0.5) is 17.6 Å². The van der Waals surface area contributed by atoms with Crippen LogP contribution in [0.1, 0.15) is 48.8 Å². The van der Waals surface area contributed by atoms with Gasteiger partial charge in [0.05, 0.1) is 13.2 Å². The maximum Gasteiger partial charge on any atom is 0.232 e. The summed E-state index contributed by atoms with van der Waals surface area (Å²) in [6.45, 7) is 5.52. The van der Waals surface area contributed by atoms with Crippen LogP contribution < -0.4 is 20.4 Å². The molecule has 6 rings (SSSR count). The number of fused-ring (bicyclic) bond motifs is 1. The third-order valence-electron chi connectivity index (χ3n) is 8.55. The zero-order valence-corrected chi connectivity index (χ0v) is 24.4. The maximum atomic E-state index is 6.39. The summed E-state index contributed by atoms with van der Waals surface area (Å²) < 4.78 is 5.59. The number of aromatic nitrogens is 2. The van der Waals surface area contributed by atoms with Crippen molar-refractivity contribution in [3.8, 4) is 0 Å². The van der Waals surface area contributed by atoms with Gasteiger partial charge in [0.25, 0.3) is 0 Å². The van der Waals surface area contributed by atoms with Crippen molar-refractivity contribution in [2.24, 2.45) is 0 Å². The van der Waals surface area contributed by atoms with E-state index in [0.717, 1.165) is 68.6 Å². The lowest BCUT2D eigenvalue weighted by Crippen LogP contribution is -2.43. The van der Waals surface area contributed by atoms with Gasteiger partial charge in [0.1, 0.15) is 11.6 Å². The van der Waals surface area contributed by atoms with Gasteiger partial charge in [-0.15, -0.1) is 0 Å². The fourth-order valence-electron chi connectivity index (χ4n) is 6.30. The molecule has 1 saturated carbocycles. The predicted octanol–water partition coefficient (Wildman–Crippen LogP) is 5.72. The van der Waals surface area contributed by atoms with Gasteiger partial charge >= 0.3 is 0 Å². The molecule has 0 atom stereocenters. The molecule has 7 nitrogen and oxygen atoms in total. The molecule has 2 aromatic carbocycles. The number of halogens is 1. The van der Waals surface area contributed by atoms with Crippen LogP contribution >= 0.6 is 23.8 Å². The highest BCUT2D eigenvalue weighted by Crippen LogP contribution is 2.40. The smallest absolute Gasteiger partial charge is 0.232 e. The highest BCUT2D eigenvalue weighted by molar-refractivity contribution is 7.80. The molecule has 0 spiro atoms. The van der Waals surface area contributed by atoms with Crippen LogP contribution in [0.5, 0.6) is 0 Å². The number of thiocarbonyl (C=S) groups is 1. The number of hydrogen-bond acceptors (Lipinski definition) is 6. The minimum absolute atomic E-state index is 0.0117. The van der Waals surface area contributed by atoms with Gasteiger partial charge in [-0.05, 0) is 60.3 Å². The molecular weight excluding hydrogens is 540 g/mol. The summed E-state index contributed by atoms with van der Waals surface area (Å²) in [7, 11) is 0. The van der Waals surface area contributed by atoms with Gasteiger partial charge in [0.2, 0.25) is 5.95 Å². The van der Waals surface area contributed by atoms with Gasteiger partial charge in [-0.2, -0.15) is 9.97 Å². The zero-order valence-electron chi connectivity index (χ0n) is 22.9. The summed E-state index contributed by atoms with van der Waals surface area (Å²) in [5.41, 5.74) is 4.07. The lowest BCUT2D eigenvalue weighted by molar-refractivity contribution is 0.122. The Bertz CT molecular complexity index is 1340. The number of anilines is 3. The number of nitrogens with zero attached hydrogens (tertiary/aromatic N) is 4. The van der Waals surface area contributed by atoms with Crippen LogP contribution in [-0.2, 0) is 23.1 Å². The molecule has 40 heavy (non-hydrogen) atoms. The molecule has 9 heteroatoms. The second kappa shape index (κ2) is 12.3. The van der Waals surface area contributed by atoms with E-state index in [0.29, 0.717) is 24.3 Å². The zero-order chi connectivity index (χ0) is 27.4. The maximum absolute atomic E-state index is 6.39. The molecule has 3 aliphatic rings. The average molecular weight is 577 g/mol. The summed E-state index contributed by atoms with van der Waals surface area (Å²) >= 11 is 12.2. The Morgan fingerprint density at radius 1 is 0.900 bits per heavy atom. The Labute approximate surface area is 247 Å². The van der Waals surface area contributed by atoms with Crippen LogP contribution in [-0.4, -0.2) is 54.5 Å². The van der Waals surface area contributed by atoms with Gasteiger partial charge < -0.3 is 25.2 Å². The van der Waals surface area contributed by atoms with Crippen molar-refractivity contribution in [3.63, 3.8) is 0 Å². The standard InChI is InChI=1S/C31H37ClN6OS/c32-26-10-6-9-25(19-26)31(12-4-1-5-13-31)22-33-30(40)36-29-34-27(37-15-17-39-18-16-37)20-28(35-29)38-14-11-23-7-2-3-8-24(23)21-38/h2-3,6-10,19-20H,1,4-5,11-18,21-22H2,(H2,33,34,35,36,40). The number of benzene rings is 2. The molecule has 2 fully saturated rings. The van der Waals surface area contributed by atoms with Gasteiger partial charge in [-0.25, -0.2) is 0 Å². The van der Waals surface area contributed by atoms with E-state index in [-0.39, 0.29) is 5.41 Å². The summed E-state index contributed by atoms with van der Waals surface area (Å²) in [5, 5.41) is 8.17. The van der Waals surface area contributed by atoms with Crippen molar-refractivity contribution >= 4 is 46.5 Å². The van der Waals surface area contributed by atoms with E-state index in [4.69, 9.17) is 38.5 Å². The van der Waals surface area contributed by atoms with Crippen molar-refractivity contribution in [2.75, 3.05) is 54.5 Å². The molecule has 1 aliphatic carbocycles. The molecule has 2 N–H and O–H groups in total. The summed E-state index contributed by atoms with van der Waals surface area (Å²) in [5.74, 6) is 2.34. The van der Waals surface area contributed by atoms with Crippen LogP contribution in [0.3, 0.4) is 0 Å². The van der Waals surface area contributed by atoms with Crippen molar-refractivity contribution in [3.05, 3.63) is 76.3 Å². The van der Waals surface area contributed by atoms with Crippen molar-refractivity contribution in [2.45, 2.75) is 50.5 Å². The summed E-state index contributed by atoms with van der Waals surface area (Å²) in [6, 6.07) is 19.1. The Morgan fingerprint density at radius 2 is 1.65 bits per heavy atom. The first-order valence-corrected chi connectivity index (χ1v) is 15.2. The Morgan fingerprint density at radius 3 is 2.42 bits per heavy atom. The first-order chi connectivity index (χ1) is 19.6. The number of nitrogens with one attached hydrogen (secondary N) is 2. The summed E-state index contributed by atoms with van der Waals surface area (Å²) in [6.07, 6.45) is 6.93. The third-order valence-corrected chi connectivity index (χ3v) is 9.03. The molecule has 2 aliphatic heterocycles. The SMILES string of the molecule is S=C(NCC1(c2cccc(Cl)c2)CCCCC1)Nc1nc(N2CCOCC2)cc(N2CCc3ccccc3C2)n1. The van der Waals surface area contributed by atoms with E-state index in [2.05, 4.69) is 69.0 Å². The number of rotatable bonds is 6. The third kappa shape index (κ3) is 6.19. The molecule has 0 amide bonds. The molecule has 3 aromatic rings. The van der Waals surface area contributed by atoms with E-state index in [9.17, 15) is 0 Å². The van der Waals surface area contributed by atoms with Gasteiger partial charge in [0.15, 0.2) is 5.11 Å². The Balaban J connectivity index is 1.21. The van der Waals surface area contributed by atoms with E-state index in [1.54, 1.807) is 0 Å². The van der Waals surface area contributed by atoms with Crippen LogP contribution in [0.25, 0.3) is 0 Å². The Hall–Kier alpha value is -2.94. The quantitative estimate of drug-likeness (QED) is 0.361. The van der Waals surface area contributed by atoms with Crippen LogP contribution in [0, 0.1) is 0 Å². The van der Waals surface area contributed by atoms with Gasteiger partial charge in [-0.3, -0.25) is 0 Å². The van der Waals surface area contributed by atoms with Crippen molar-refractivity contribution in [1.82, 2.24) is 15.3 Å². The van der Waals surface area contributed by atoms with Gasteiger partial charge in [-0.1, -0.05) is 67.3 Å². The molecule has 210 valence electrons. The molecule has 0 bridgehead atoms. The Kier molecular flexibility index (Phi) is 8.37. The number of morpholine rings is 1. The number of ether oxygens (including phenoxy) is 1. The molecule has 1 aromatic heterocycles. The second-order valence-electron chi connectivity index (χ2n) is 11.1. The second-order valence-corrected chi connectivity index (χ2v) is 12.0. The van der Waals surface area contributed by atoms with Gasteiger partial charge in [0, 0.05) is 49.2 Å². The van der Waals surface area contributed by atoms with Crippen LogP contribution in [0.2, 0.25) is 5.02 Å². The minimum atomic E-state index is 0.0117. The predicted molar refractivity (Wildman–Crippen MR) is 167 cm³/mol. The highest BCUT2D eigenvalue weighted by Gasteiger charge is 2.34. The van der Waals surface area contributed by atoms with Crippen molar-refractivity contribution in [1.29, 1.82) is 0 Å². The highest BCUT2D eigenvalue weighted by atomic mass is 35.5. The molecule has 1 saturated heterocycles. The molecular formula is C31H37ClN6OS. The number of hydrogen-bond donors (Lipinski definition) is 2. The summed E-state index contributed by atoms with van der Waals surface area (Å²) in [4.78, 5) is 14.4.